The average Bonchev–Trinajstić information content (AvgIpc) is 3.35. The molecule has 1 amide bonds. The Bertz CT molecular complexity index is 1220. The molecule has 1 N–H and O–H groups in total. The van der Waals surface area contributed by atoms with Crippen molar-refractivity contribution in [3.8, 4) is 0 Å². The van der Waals surface area contributed by atoms with E-state index >= 15 is 0 Å². The number of amides is 1. The molecule has 0 spiro atoms. The van der Waals surface area contributed by atoms with Crippen LogP contribution in [0, 0.1) is 6.92 Å². The lowest BCUT2D eigenvalue weighted by Gasteiger charge is -2.25. The number of hydrogen-bond acceptors (Lipinski definition) is 4. The molecule has 164 valence electrons. The molecule has 4 rings (SSSR count). The van der Waals surface area contributed by atoms with Crippen LogP contribution in [0.2, 0.25) is 5.02 Å². The van der Waals surface area contributed by atoms with E-state index in [0.29, 0.717) is 16.3 Å². The lowest BCUT2D eigenvalue weighted by atomic mass is 9.84. The summed E-state index contributed by atoms with van der Waals surface area (Å²) in [5.41, 5.74) is 2.94. The molecule has 6 heteroatoms. The minimum Gasteiger partial charge on any atom is -0.507 e. The molecule has 2 heterocycles. The fourth-order valence-electron chi connectivity index (χ4n) is 3.91. The Kier molecular flexibility index (Phi) is 5.74. The van der Waals surface area contributed by atoms with Gasteiger partial charge in [-0.2, -0.15) is 0 Å². The molecule has 2 aromatic carbocycles. The van der Waals surface area contributed by atoms with Crippen molar-refractivity contribution in [1.82, 2.24) is 0 Å². The highest BCUT2D eigenvalue weighted by Crippen LogP contribution is 2.44. The van der Waals surface area contributed by atoms with Crippen LogP contribution in [-0.4, -0.2) is 16.8 Å². The minimum absolute atomic E-state index is 0.0987. The highest BCUT2D eigenvalue weighted by Gasteiger charge is 2.47. The number of carbonyl (C=O) groups is 2. The van der Waals surface area contributed by atoms with Crippen molar-refractivity contribution in [2.75, 3.05) is 4.90 Å². The van der Waals surface area contributed by atoms with Gasteiger partial charge in [-0.15, -0.1) is 11.3 Å². The lowest BCUT2D eigenvalue weighted by Crippen LogP contribution is -2.29. The van der Waals surface area contributed by atoms with Crippen molar-refractivity contribution in [2.24, 2.45) is 0 Å². The van der Waals surface area contributed by atoms with Gasteiger partial charge in [-0.25, -0.2) is 0 Å². The smallest absolute Gasteiger partial charge is 0.300 e. The van der Waals surface area contributed by atoms with Crippen LogP contribution in [0.25, 0.3) is 5.76 Å². The zero-order valence-electron chi connectivity index (χ0n) is 18.3. The molecule has 1 aromatic heterocycles. The predicted molar refractivity (Wildman–Crippen MR) is 130 cm³/mol. The number of carbonyl (C=O) groups excluding carboxylic acids is 2. The number of thiophene rings is 1. The van der Waals surface area contributed by atoms with Gasteiger partial charge in [-0.3, -0.25) is 14.5 Å². The third-order valence-electron chi connectivity index (χ3n) is 5.72. The first-order chi connectivity index (χ1) is 15.1. The van der Waals surface area contributed by atoms with Crippen molar-refractivity contribution in [3.05, 3.63) is 92.1 Å². The molecule has 1 saturated heterocycles. The second-order valence-electron chi connectivity index (χ2n) is 8.94. The molecule has 1 atom stereocenters. The second-order valence-corrected chi connectivity index (χ2v) is 10.4. The van der Waals surface area contributed by atoms with Crippen molar-refractivity contribution in [2.45, 2.75) is 39.2 Å². The molecule has 32 heavy (non-hydrogen) atoms. The summed E-state index contributed by atoms with van der Waals surface area (Å²) in [6.45, 7) is 8.16. The molecule has 0 aliphatic carbocycles. The van der Waals surface area contributed by atoms with E-state index in [1.807, 2.05) is 42.6 Å². The highest BCUT2D eigenvalue weighted by molar-refractivity contribution is 7.10. The van der Waals surface area contributed by atoms with Gasteiger partial charge in [-0.05, 0) is 65.2 Å². The summed E-state index contributed by atoms with van der Waals surface area (Å²) in [6.07, 6.45) is 0. The minimum atomic E-state index is -0.714. The zero-order valence-corrected chi connectivity index (χ0v) is 19.9. The van der Waals surface area contributed by atoms with Crippen molar-refractivity contribution >= 4 is 46.1 Å². The fraction of sp³-hybridized carbons (Fsp3) is 0.231. The number of rotatable bonds is 3. The van der Waals surface area contributed by atoms with Crippen molar-refractivity contribution < 1.29 is 14.7 Å². The number of anilines is 1. The molecule has 4 nitrogen and oxygen atoms in total. The Balaban J connectivity index is 1.94. The average molecular weight is 466 g/mol. The van der Waals surface area contributed by atoms with Gasteiger partial charge in [0.1, 0.15) is 11.8 Å². The number of Topliss-reactive ketones (excluding diaryl/α,β-unsaturated/α-hetero) is 1. The number of halogens is 1. The van der Waals surface area contributed by atoms with Crippen LogP contribution in [-0.2, 0) is 15.0 Å². The van der Waals surface area contributed by atoms with E-state index in [-0.39, 0.29) is 16.7 Å². The Morgan fingerprint density at radius 2 is 1.75 bits per heavy atom. The van der Waals surface area contributed by atoms with E-state index in [2.05, 4.69) is 20.8 Å². The molecule has 1 aliphatic rings. The predicted octanol–water partition coefficient (Wildman–Crippen LogP) is 6.63. The van der Waals surface area contributed by atoms with Gasteiger partial charge >= 0.3 is 0 Å². The number of ketones is 1. The number of benzene rings is 2. The monoisotopic (exact) mass is 465 g/mol. The molecule has 1 aliphatic heterocycles. The first kappa shape index (κ1) is 22.3. The number of hydrogen-bond donors (Lipinski definition) is 1. The molecule has 1 fully saturated rings. The quantitative estimate of drug-likeness (QED) is 0.268. The Morgan fingerprint density at radius 3 is 2.34 bits per heavy atom. The molecule has 1 unspecified atom stereocenters. The van der Waals surface area contributed by atoms with Crippen LogP contribution in [0.1, 0.15) is 48.4 Å². The number of aryl methyl sites for hydroxylation is 1. The van der Waals surface area contributed by atoms with Gasteiger partial charge < -0.3 is 5.11 Å². The number of aliphatic hydroxyl groups is 1. The van der Waals surface area contributed by atoms with E-state index in [9.17, 15) is 14.7 Å². The van der Waals surface area contributed by atoms with E-state index in [4.69, 9.17) is 11.6 Å². The first-order valence-corrected chi connectivity index (χ1v) is 11.6. The Hall–Kier alpha value is -2.89. The summed E-state index contributed by atoms with van der Waals surface area (Å²) in [7, 11) is 0. The summed E-state index contributed by atoms with van der Waals surface area (Å²) in [5.74, 6) is -1.52. The molecule has 0 bridgehead atoms. The highest BCUT2D eigenvalue weighted by atomic mass is 35.5. The topological polar surface area (TPSA) is 57.6 Å². The Labute approximate surface area is 196 Å². The first-order valence-electron chi connectivity index (χ1n) is 10.3. The molecular weight excluding hydrogens is 442 g/mol. The summed E-state index contributed by atoms with van der Waals surface area (Å²) in [6, 6.07) is 15.7. The van der Waals surface area contributed by atoms with Crippen molar-refractivity contribution in [1.29, 1.82) is 0 Å². The van der Waals surface area contributed by atoms with Crippen LogP contribution in [0.5, 0.6) is 0 Å². The van der Waals surface area contributed by atoms with Gasteiger partial charge in [0.2, 0.25) is 0 Å². The van der Waals surface area contributed by atoms with Crippen molar-refractivity contribution in [3.63, 3.8) is 0 Å². The Morgan fingerprint density at radius 1 is 1.06 bits per heavy atom. The summed E-state index contributed by atoms with van der Waals surface area (Å²) in [4.78, 5) is 28.6. The van der Waals surface area contributed by atoms with Gasteiger partial charge in [0, 0.05) is 21.2 Å². The van der Waals surface area contributed by atoms with Gasteiger partial charge in [0.05, 0.1) is 5.57 Å². The molecule has 3 aromatic rings. The van der Waals surface area contributed by atoms with Gasteiger partial charge in [0.15, 0.2) is 0 Å². The number of nitrogens with zero attached hydrogens (tertiary/aromatic N) is 1. The van der Waals surface area contributed by atoms with E-state index < -0.39 is 17.7 Å². The lowest BCUT2D eigenvalue weighted by molar-refractivity contribution is -0.132. The van der Waals surface area contributed by atoms with Crippen LogP contribution in [0.15, 0.2) is 65.6 Å². The van der Waals surface area contributed by atoms with Crippen LogP contribution in [0.4, 0.5) is 5.69 Å². The number of aliphatic hydroxyl groups excluding tert-OH is 1. The normalized spacial score (nSPS) is 18.4. The third kappa shape index (κ3) is 3.87. The molecule has 0 saturated carbocycles. The summed E-state index contributed by atoms with van der Waals surface area (Å²) < 4.78 is 0. The third-order valence-corrected chi connectivity index (χ3v) is 6.90. The largest absolute Gasteiger partial charge is 0.507 e. The van der Waals surface area contributed by atoms with Crippen LogP contribution >= 0.6 is 22.9 Å². The standard InChI is InChI=1S/C26H24ClNO3S/c1-15-7-8-16(26(2,3)4)14-19(15)23(29)21-22(20-6-5-13-32-20)28(25(31)24(21)30)18-11-9-17(27)10-12-18/h5-14,22,29H,1-4H3/b23-21+. The van der Waals surface area contributed by atoms with Gasteiger partial charge in [-0.1, -0.05) is 50.6 Å². The van der Waals surface area contributed by atoms with E-state index in [1.165, 1.54) is 16.2 Å². The SMILES string of the molecule is Cc1ccc(C(C)(C)C)cc1/C(O)=C1\C(=O)C(=O)N(c2ccc(Cl)cc2)C1c1cccs1. The van der Waals surface area contributed by atoms with Crippen LogP contribution < -0.4 is 4.90 Å². The maximum atomic E-state index is 13.2. The molecular formula is C26H24ClNO3S. The maximum Gasteiger partial charge on any atom is 0.300 e. The molecule has 0 radical (unpaired) electrons. The van der Waals surface area contributed by atoms with Crippen LogP contribution in [0.3, 0.4) is 0 Å². The summed E-state index contributed by atoms with van der Waals surface area (Å²) >= 11 is 7.47. The fourth-order valence-corrected chi connectivity index (χ4v) is 4.85. The summed E-state index contributed by atoms with van der Waals surface area (Å²) in [5, 5.41) is 13.8. The van der Waals surface area contributed by atoms with E-state index in [0.717, 1.165) is 16.0 Å². The van der Waals surface area contributed by atoms with E-state index in [1.54, 1.807) is 24.3 Å². The maximum absolute atomic E-state index is 13.2. The second kappa shape index (κ2) is 8.23. The zero-order chi connectivity index (χ0) is 23.2. The van der Waals surface area contributed by atoms with Gasteiger partial charge in [0.25, 0.3) is 11.7 Å².